The van der Waals surface area contributed by atoms with E-state index in [9.17, 15) is 0 Å². The molecule has 0 spiro atoms. The SMILES string of the molecule is C=C(Cc1ccc(-c2ccc(C)cc2)cc1)c1ccc(C)c(C)c1. The van der Waals surface area contributed by atoms with Crippen LogP contribution in [0.25, 0.3) is 16.7 Å². The molecule has 0 heterocycles. The third-order valence-corrected chi connectivity index (χ3v) is 4.67. The lowest BCUT2D eigenvalue weighted by Gasteiger charge is -2.10. The van der Waals surface area contributed by atoms with Gasteiger partial charge in [-0.3, -0.25) is 0 Å². The largest absolute Gasteiger partial charge is 0.0949 e. The lowest BCUT2D eigenvalue weighted by atomic mass is 9.95. The van der Waals surface area contributed by atoms with E-state index >= 15 is 0 Å². The molecule has 0 nitrogen and oxygen atoms in total. The maximum absolute atomic E-state index is 4.28. The van der Waals surface area contributed by atoms with Crippen LogP contribution in [0.1, 0.15) is 27.8 Å². The number of aryl methyl sites for hydroxylation is 3. The average molecular weight is 312 g/mol. The molecule has 3 rings (SSSR count). The molecule has 0 aliphatic heterocycles. The molecular weight excluding hydrogens is 288 g/mol. The Bertz CT molecular complexity index is 850. The average Bonchev–Trinajstić information content (AvgIpc) is 2.59. The van der Waals surface area contributed by atoms with Gasteiger partial charge in [0.1, 0.15) is 0 Å². The molecule has 0 saturated carbocycles. The Balaban J connectivity index is 1.75. The maximum atomic E-state index is 4.28. The van der Waals surface area contributed by atoms with Gasteiger partial charge in [0, 0.05) is 0 Å². The molecule has 0 N–H and O–H groups in total. The molecule has 0 heteroatoms. The highest BCUT2D eigenvalue weighted by atomic mass is 14.1. The summed E-state index contributed by atoms with van der Waals surface area (Å²) in [7, 11) is 0. The fourth-order valence-corrected chi connectivity index (χ4v) is 2.87. The first-order valence-corrected chi connectivity index (χ1v) is 8.44. The third kappa shape index (κ3) is 3.65. The van der Waals surface area contributed by atoms with Gasteiger partial charge in [0.15, 0.2) is 0 Å². The standard InChI is InChI=1S/C24H24/c1-17-5-10-22(11-6-17)23-13-8-21(9-14-23)15-20(4)24-12-7-18(2)19(3)16-24/h5-14,16H,4,15H2,1-3H3. The fourth-order valence-electron chi connectivity index (χ4n) is 2.87. The normalized spacial score (nSPS) is 10.6. The number of allylic oxidation sites excluding steroid dienone is 1. The van der Waals surface area contributed by atoms with Gasteiger partial charge >= 0.3 is 0 Å². The van der Waals surface area contributed by atoms with Crippen LogP contribution in [-0.4, -0.2) is 0 Å². The first kappa shape index (κ1) is 16.3. The molecule has 120 valence electrons. The minimum Gasteiger partial charge on any atom is -0.0949 e. The Morgan fingerprint density at radius 1 is 0.708 bits per heavy atom. The molecule has 0 aliphatic carbocycles. The Kier molecular flexibility index (Phi) is 4.66. The molecule has 3 aromatic carbocycles. The minimum absolute atomic E-state index is 0.886. The predicted octanol–water partition coefficient (Wildman–Crippen LogP) is 6.53. The van der Waals surface area contributed by atoms with Gasteiger partial charge in [0.25, 0.3) is 0 Å². The van der Waals surface area contributed by atoms with Crippen molar-refractivity contribution in [1.82, 2.24) is 0 Å². The van der Waals surface area contributed by atoms with E-state index in [-0.39, 0.29) is 0 Å². The van der Waals surface area contributed by atoms with Crippen molar-refractivity contribution in [2.24, 2.45) is 0 Å². The van der Waals surface area contributed by atoms with Crippen molar-refractivity contribution in [1.29, 1.82) is 0 Å². The van der Waals surface area contributed by atoms with Crippen molar-refractivity contribution >= 4 is 5.57 Å². The summed E-state index contributed by atoms with van der Waals surface area (Å²) >= 11 is 0. The van der Waals surface area contributed by atoms with Gasteiger partial charge in [-0.25, -0.2) is 0 Å². The molecule has 0 unspecified atom stereocenters. The smallest absolute Gasteiger partial charge is 0.00257 e. The maximum Gasteiger partial charge on any atom is -0.00257 e. The van der Waals surface area contributed by atoms with Crippen molar-refractivity contribution in [3.8, 4) is 11.1 Å². The van der Waals surface area contributed by atoms with Gasteiger partial charge in [-0.1, -0.05) is 78.9 Å². The van der Waals surface area contributed by atoms with Crippen LogP contribution in [0.15, 0.2) is 73.3 Å². The van der Waals surface area contributed by atoms with Crippen LogP contribution < -0.4 is 0 Å². The highest BCUT2D eigenvalue weighted by Gasteiger charge is 2.04. The summed E-state index contributed by atoms with van der Waals surface area (Å²) in [5.74, 6) is 0. The van der Waals surface area contributed by atoms with Crippen LogP contribution in [0, 0.1) is 20.8 Å². The number of rotatable bonds is 4. The van der Waals surface area contributed by atoms with Crippen LogP contribution >= 0.6 is 0 Å². The van der Waals surface area contributed by atoms with E-state index in [4.69, 9.17) is 0 Å². The van der Waals surface area contributed by atoms with E-state index < -0.39 is 0 Å². The van der Waals surface area contributed by atoms with Gasteiger partial charge in [-0.15, -0.1) is 0 Å². The lowest BCUT2D eigenvalue weighted by Crippen LogP contribution is -1.92. The zero-order chi connectivity index (χ0) is 17.1. The van der Waals surface area contributed by atoms with E-state index in [1.54, 1.807) is 0 Å². The summed E-state index contributed by atoms with van der Waals surface area (Å²) in [5.41, 5.74) is 10.2. The zero-order valence-corrected chi connectivity index (χ0v) is 14.8. The Morgan fingerprint density at radius 3 is 1.88 bits per heavy atom. The van der Waals surface area contributed by atoms with Gasteiger partial charge < -0.3 is 0 Å². The molecule has 0 aromatic heterocycles. The van der Waals surface area contributed by atoms with Gasteiger partial charge in [0.2, 0.25) is 0 Å². The summed E-state index contributed by atoms with van der Waals surface area (Å²) in [5, 5.41) is 0. The summed E-state index contributed by atoms with van der Waals surface area (Å²) in [6.07, 6.45) is 0.886. The first-order chi connectivity index (χ1) is 11.5. The topological polar surface area (TPSA) is 0 Å². The predicted molar refractivity (Wildman–Crippen MR) is 105 cm³/mol. The van der Waals surface area contributed by atoms with Crippen molar-refractivity contribution in [2.45, 2.75) is 27.2 Å². The quantitative estimate of drug-likeness (QED) is 0.513. The van der Waals surface area contributed by atoms with Crippen LogP contribution in [0.5, 0.6) is 0 Å². The van der Waals surface area contributed by atoms with Crippen molar-refractivity contribution in [3.05, 3.63) is 101 Å². The lowest BCUT2D eigenvalue weighted by molar-refractivity contribution is 1.26. The molecule has 0 saturated heterocycles. The summed E-state index contributed by atoms with van der Waals surface area (Å²) < 4.78 is 0. The highest BCUT2D eigenvalue weighted by molar-refractivity contribution is 5.68. The fraction of sp³-hybridized carbons (Fsp3) is 0.167. The molecule has 0 amide bonds. The summed E-state index contributed by atoms with van der Waals surface area (Å²) in [6.45, 7) is 10.7. The van der Waals surface area contributed by atoms with Crippen LogP contribution in [-0.2, 0) is 6.42 Å². The van der Waals surface area contributed by atoms with Gasteiger partial charge in [-0.2, -0.15) is 0 Å². The first-order valence-electron chi connectivity index (χ1n) is 8.44. The second kappa shape index (κ2) is 6.88. The van der Waals surface area contributed by atoms with E-state index in [0.29, 0.717) is 0 Å². The van der Waals surface area contributed by atoms with E-state index in [2.05, 4.69) is 94.1 Å². The molecule has 0 bridgehead atoms. The van der Waals surface area contributed by atoms with E-state index in [1.165, 1.54) is 44.5 Å². The second-order valence-electron chi connectivity index (χ2n) is 6.64. The highest BCUT2D eigenvalue weighted by Crippen LogP contribution is 2.24. The van der Waals surface area contributed by atoms with Crippen LogP contribution in [0.4, 0.5) is 0 Å². The van der Waals surface area contributed by atoms with Gasteiger partial charge in [0.05, 0.1) is 0 Å². The number of hydrogen-bond donors (Lipinski definition) is 0. The molecule has 24 heavy (non-hydrogen) atoms. The Morgan fingerprint density at radius 2 is 1.29 bits per heavy atom. The molecule has 0 fully saturated rings. The van der Waals surface area contributed by atoms with Crippen LogP contribution in [0.2, 0.25) is 0 Å². The van der Waals surface area contributed by atoms with E-state index in [0.717, 1.165) is 6.42 Å². The number of hydrogen-bond acceptors (Lipinski definition) is 0. The number of benzene rings is 3. The monoisotopic (exact) mass is 312 g/mol. The molecule has 0 atom stereocenters. The second-order valence-corrected chi connectivity index (χ2v) is 6.64. The summed E-state index contributed by atoms with van der Waals surface area (Å²) in [6, 6.07) is 24.1. The molecule has 0 radical (unpaired) electrons. The molecular formula is C24H24. The van der Waals surface area contributed by atoms with Crippen molar-refractivity contribution in [3.63, 3.8) is 0 Å². The summed E-state index contributed by atoms with van der Waals surface area (Å²) in [4.78, 5) is 0. The Hall–Kier alpha value is -2.60. The van der Waals surface area contributed by atoms with E-state index in [1.807, 2.05) is 0 Å². The third-order valence-electron chi connectivity index (χ3n) is 4.67. The molecule has 3 aromatic rings. The zero-order valence-electron chi connectivity index (χ0n) is 14.8. The van der Waals surface area contributed by atoms with Gasteiger partial charge in [-0.05, 0) is 66.1 Å². The van der Waals surface area contributed by atoms with Crippen molar-refractivity contribution in [2.75, 3.05) is 0 Å². The van der Waals surface area contributed by atoms with Crippen LogP contribution in [0.3, 0.4) is 0 Å². The Labute approximate surface area is 145 Å². The minimum atomic E-state index is 0.886. The van der Waals surface area contributed by atoms with Crippen molar-refractivity contribution < 1.29 is 0 Å². The molecule has 0 aliphatic rings.